The molecule has 0 N–H and O–H groups in total. The Kier molecular flexibility index (Phi) is 3.47. The molecule has 4 nitrogen and oxygen atoms in total. The molecule has 2 aromatic carbocycles. The SMILES string of the molecule is O=c1oc2c(cc1Cc1ccccc1Cl)c(=O)oc1ccccc12. The first-order chi connectivity index (χ1) is 11.6. The van der Waals surface area contributed by atoms with Crippen LogP contribution in [0, 0.1) is 0 Å². The third kappa shape index (κ3) is 2.41. The Morgan fingerprint density at radius 2 is 1.54 bits per heavy atom. The van der Waals surface area contributed by atoms with Gasteiger partial charge in [0.15, 0.2) is 5.58 Å². The van der Waals surface area contributed by atoms with Gasteiger partial charge < -0.3 is 8.83 Å². The van der Waals surface area contributed by atoms with Crippen molar-refractivity contribution in [2.45, 2.75) is 6.42 Å². The molecule has 5 heteroatoms. The van der Waals surface area contributed by atoms with Gasteiger partial charge in [-0.15, -0.1) is 0 Å². The Labute approximate surface area is 140 Å². The maximum Gasteiger partial charge on any atom is 0.347 e. The highest BCUT2D eigenvalue weighted by molar-refractivity contribution is 6.31. The lowest BCUT2D eigenvalue weighted by Gasteiger charge is -2.05. The van der Waals surface area contributed by atoms with Crippen molar-refractivity contribution in [1.82, 2.24) is 0 Å². The fraction of sp³-hybridized carbons (Fsp3) is 0.0526. The highest BCUT2D eigenvalue weighted by Gasteiger charge is 2.14. The van der Waals surface area contributed by atoms with Crippen molar-refractivity contribution in [3.63, 3.8) is 0 Å². The van der Waals surface area contributed by atoms with Crippen LogP contribution in [-0.4, -0.2) is 0 Å². The number of fused-ring (bicyclic) bond motifs is 3. The van der Waals surface area contributed by atoms with Crippen molar-refractivity contribution in [2.75, 3.05) is 0 Å². The van der Waals surface area contributed by atoms with Gasteiger partial charge in [-0.1, -0.05) is 41.9 Å². The zero-order chi connectivity index (χ0) is 16.7. The van der Waals surface area contributed by atoms with Crippen molar-refractivity contribution < 1.29 is 8.83 Å². The summed E-state index contributed by atoms with van der Waals surface area (Å²) in [5.74, 6) is 0. The zero-order valence-corrected chi connectivity index (χ0v) is 13.2. The van der Waals surface area contributed by atoms with E-state index in [-0.39, 0.29) is 17.4 Å². The maximum atomic E-state index is 12.4. The summed E-state index contributed by atoms with van der Waals surface area (Å²) in [5, 5.41) is 1.39. The standard InChI is InChI=1S/C19H11ClO4/c20-15-7-3-1-5-11(15)9-12-10-14-17(24-18(12)21)13-6-2-4-8-16(13)23-19(14)22/h1-8,10H,9H2. The van der Waals surface area contributed by atoms with Crippen molar-refractivity contribution in [3.8, 4) is 0 Å². The molecule has 0 aliphatic rings. The average Bonchev–Trinajstić information content (AvgIpc) is 2.58. The van der Waals surface area contributed by atoms with Gasteiger partial charge in [0.2, 0.25) is 0 Å². The van der Waals surface area contributed by atoms with Crippen molar-refractivity contribution in [3.05, 3.63) is 91.6 Å². The molecule has 4 rings (SSSR count). The molecule has 0 saturated carbocycles. The summed E-state index contributed by atoms with van der Waals surface area (Å²) in [5.41, 5.74) is 0.756. The average molecular weight is 339 g/mol. The van der Waals surface area contributed by atoms with Gasteiger partial charge in [-0.2, -0.15) is 0 Å². The van der Waals surface area contributed by atoms with E-state index in [1.807, 2.05) is 18.2 Å². The predicted molar refractivity (Wildman–Crippen MR) is 92.8 cm³/mol. The number of rotatable bonds is 2. The van der Waals surface area contributed by atoms with Crippen LogP contribution in [0.1, 0.15) is 11.1 Å². The monoisotopic (exact) mass is 338 g/mol. The summed E-state index contributed by atoms with van der Waals surface area (Å²) in [6, 6.07) is 15.7. The largest absolute Gasteiger partial charge is 0.422 e. The van der Waals surface area contributed by atoms with Crippen LogP contribution in [0.4, 0.5) is 0 Å². The molecule has 0 aliphatic carbocycles. The van der Waals surface area contributed by atoms with Crippen molar-refractivity contribution >= 4 is 33.5 Å². The Morgan fingerprint density at radius 1 is 0.792 bits per heavy atom. The van der Waals surface area contributed by atoms with Gasteiger partial charge in [-0.3, -0.25) is 0 Å². The zero-order valence-electron chi connectivity index (χ0n) is 12.4. The minimum Gasteiger partial charge on any atom is -0.422 e. The first kappa shape index (κ1) is 14.7. The van der Waals surface area contributed by atoms with Gasteiger partial charge >= 0.3 is 11.3 Å². The van der Waals surface area contributed by atoms with Gasteiger partial charge in [-0.25, -0.2) is 9.59 Å². The molecule has 0 bridgehead atoms. The van der Waals surface area contributed by atoms with E-state index < -0.39 is 11.3 Å². The lowest BCUT2D eigenvalue weighted by molar-refractivity contribution is 0.537. The summed E-state index contributed by atoms with van der Waals surface area (Å²) in [6.07, 6.45) is 0.282. The molecule has 0 atom stereocenters. The van der Waals surface area contributed by atoms with Gasteiger partial charge in [0.1, 0.15) is 11.0 Å². The molecule has 0 aliphatic heterocycles. The molecule has 0 unspecified atom stereocenters. The summed E-state index contributed by atoms with van der Waals surface area (Å²) in [4.78, 5) is 24.6. The Morgan fingerprint density at radius 3 is 2.38 bits per heavy atom. The first-order valence-electron chi connectivity index (χ1n) is 7.35. The molecule has 4 aromatic rings. The predicted octanol–water partition coefficient (Wildman–Crippen LogP) is 4.14. The van der Waals surface area contributed by atoms with E-state index in [0.717, 1.165) is 5.56 Å². The Bertz CT molecular complexity index is 1190. The van der Waals surface area contributed by atoms with Gasteiger partial charge in [0, 0.05) is 17.0 Å². The van der Waals surface area contributed by atoms with Crippen LogP contribution in [0.15, 0.2) is 73.0 Å². The van der Waals surface area contributed by atoms with E-state index in [0.29, 0.717) is 21.6 Å². The second kappa shape index (κ2) is 5.65. The molecule has 2 heterocycles. The Hall–Kier alpha value is -2.85. The molecular weight excluding hydrogens is 328 g/mol. The second-order valence-electron chi connectivity index (χ2n) is 5.46. The molecule has 118 valence electrons. The lowest BCUT2D eigenvalue weighted by atomic mass is 10.1. The molecule has 0 amide bonds. The molecule has 0 saturated heterocycles. The highest BCUT2D eigenvalue weighted by Crippen LogP contribution is 2.23. The van der Waals surface area contributed by atoms with Gasteiger partial charge in [0.05, 0.1) is 5.39 Å². The van der Waals surface area contributed by atoms with Gasteiger partial charge in [0.25, 0.3) is 0 Å². The van der Waals surface area contributed by atoms with E-state index in [4.69, 9.17) is 20.4 Å². The first-order valence-corrected chi connectivity index (χ1v) is 7.73. The summed E-state index contributed by atoms with van der Waals surface area (Å²) in [6.45, 7) is 0. The second-order valence-corrected chi connectivity index (χ2v) is 5.86. The quantitative estimate of drug-likeness (QED) is 0.407. The summed E-state index contributed by atoms with van der Waals surface area (Å²) in [7, 11) is 0. The lowest BCUT2D eigenvalue weighted by Crippen LogP contribution is -2.11. The molecule has 0 spiro atoms. The fourth-order valence-corrected chi connectivity index (χ4v) is 2.93. The van der Waals surface area contributed by atoms with Crippen molar-refractivity contribution in [2.24, 2.45) is 0 Å². The highest BCUT2D eigenvalue weighted by atomic mass is 35.5. The van der Waals surface area contributed by atoms with E-state index in [1.54, 1.807) is 30.3 Å². The number of hydrogen-bond donors (Lipinski definition) is 0. The molecule has 24 heavy (non-hydrogen) atoms. The van der Waals surface area contributed by atoms with Crippen LogP contribution in [0.5, 0.6) is 0 Å². The van der Waals surface area contributed by atoms with Crippen LogP contribution >= 0.6 is 11.6 Å². The van der Waals surface area contributed by atoms with Crippen molar-refractivity contribution in [1.29, 1.82) is 0 Å². The third-order valence-electron chi connectivity index (χ3n) is 3.91. The van der Waals surface area contributed by atoms with E-state index >= 15 is 0 Å². The van der Waals surface area contributed by atoms with Gasteiger partial charge in [-0.05, 0) is 29.8 Å². The maximum absolute atomic E-state index is 12.4. The number of benzene rings is 2. The van der Waals surface area contributed by atoms with E-state index in [1.165, 1.54) is 6.07 Å². The Balaban J connectivity index is 1.96. The van der Waals surface area contributed by atoms with Crippen LogP contribution in [0.2, 0.25) is 5.02 Å². The van der Waals surface area contributed by atoms with Crippen LogP contribution < -0.4 is 11.3 Å². The smallest absolute Gasteiger partial charge is 0.347 e. The van der Waals surface area contributed by atoms with E-state index in [2.05, 4.69) is 0 Å². The number of halogens is 1. The molecular formula is C19H11ClO4. The number of hydrogen-bond acceptors (Lipinski definition) is 4. The minimum absolute atomic E-state index is 0.245. The number of para-hydroxylation sites is 1. The molecule has 0 radical (unpaired) electrons. The normalized spacial score (nSPS) is 11.2. The summed E-state index contributed by atoms with van der Waals surface area (Å²) >= 11 is 6.14. The topological polar surface area (TPSA) is 60.4 Å². The third-order valence-corrected chi connectivity index (χ3v) is 4.28. The van der Waals surface area contributed by atoms with Crippen LogP contribution in [0.25, 0.3) is 21.9 Å². The minimum atomic E-state index is -0.534. The van der Waals surface area contributed by atoms with Crippen LogP contribution in [-0.2, 0) is 6.42 Å². The molecule has 2 aromatic heterocycles. The van der Waals surface area contributed by atoms with E-state index in [9.17, 15) is 9.59 Å². The summed E-state index contributed by atoms with van der Waals surface area (Å²) < 4.78 is 10.7. The molecule has 0 fully saturated rings. The fourth-order valence-electron chi connectivity index (χ4n) is 2.73. The van der Waals surface area contributed by atoms with Crippen LogP contribution in [0.3, 0.4) is 0 Å².